The number of hydrogen-bond acceptors (Lipinski definition) is 5. The molecule has 0 spiro atoms. The number of benzene rings is 1. The fraction of sp³-hybridized carbons (Fsp3) is 0.364. The zero-order chi connectivity index (χ0) is 12.7. The molecule has 0 bridgehead atoms. The molecule has 92 valence electrons. The first-order valence-corrected chi connectivity index (χ1v) is 6.06. The van der Waals surface area contributed by atoms with E-state index in [2.05, 4.69) is 4.74 Å². The number of carbonyl (C=O) groups is 1. The summed E-state index contributed by atoms with van der Waals surface area (Å²) in [5, 5.41) is 10.7. The lowest BCUT2D eigenvalue weighted by molar-refractivity contribution is -0.387. The minimum Gasteiger partial charge on any atom is -0.469 e. The Morgan fingerprint density at radius 3 is 2.82 bits per heavy atom. The van der Waals surface area contributed by atoms with Gasteiger partial charge in [0.1, 0.15) is 0 Å². The molecule has 0 aromatic heterocycles. The molecule has 0 aliphatic heterocycles. The van der Waals surface area contributed by atoms with Crippen LogP contribution < -0.4 is 0 Å². The summed E-state index contributed by atoms with van der Waals surface area (Å²) in [6.45, 7) is 0. The van der Waals surface area contributed by atoms with Crippen LogP contribution in [0.15, 0.2) is 29.2 Å². The van der Waals surface area contributed by atoms with Crippen LogP contribution in [0.2, 0.25) is 0 Å². The molecule has 0 unspecified atom stereocenters. The predicted octanol–water partition coefficient (Wildman–Crippen LogP) is 2.64. The predicted molar refractivity (Wildman–Crippen MR) is 65.1 cm³/mol. The molecule has 0 fully saturated rings. The molecular formula is C11H13NO4S. The second-order valence-electron chi connectivity index (χ2n) is 3.25. The van der Waals surface area contributed by atoms with Gasteiger partial charge in [0, 0.05) is 12.5 Å². The number of hydrogen-bond donors (Lipinski definition) is 0. The first-order valence-electron chi connectivity index (χ1n) is 5.08. The smallest absolute Gasteiger partial charge is 0.305 e. The fourth-order valence-electron chi connectivity index (χ4n) is 1.23. The van der Waals surface area contributed by atoms with Crippen LogP contribution in [0.25, 0.3) is 0 Å². The summed E-state index contributed by atoms with van der Waals surface area (Å²) in [6.07, 6.45) is 0.980. The molecule has 0 heterocycles. The van der Waals surface area contributed by atoms with Crippen LogP contribution >= 0.6 is 11.8 Å². The topological polar surface area (TPSA) is 69.4 Å². The molecule has 0 radical (unpaired) electrons. The third-order valence-corrected chi connectivity index (χ3v) is 3.22. The summed E-state index contributed by atoms with van der Waals surface area (Å²) in [5.41, 5.74) is 0.107. The van der Waals surface area contributed by atoms with E-state index in [1.54, 1.807) is 18.2 Å². The van der Waals surface area contributed by atoms with Crippen molar-refractivity contribution in [1.82, 2.24) is 0 Å². The van der Waals surface area contributed by atoms with E-state index < -0.39 is 4.92 Å². The maximum atomic E-state index is 10.9. The Morgan fingerprint density at radius 1 is 1.47 bits per heavy atom. The van der Waals surface area contributed by atoms with Crippen molar-refractivity contribution in [1.29, 1.82) is 0 Å². The Bertz CT molecular complexity index is 408. The van der Waals surface area contributed by atoms with Gasteiger partial charge in [-0.3, -0.25) is 14.9 Å². The summed E-state index contributed by atoms with van der Waals surface area (Å²) in [6, 6.07) is 6.58. The van der Waals surface area contributed by atoms with Crippen LogP contribution in [0.3, 0.4) is 0 Å². The summed E-state index contributed by atoms with van der Waals surface area (Å²) in [7, 11) is 1.34. The first kappa shape index (κ1) is 13.5. The summed E-state index contributed by atoms with van der Waals surface area (Å²) >= 11 is 1.38. The molecule has 0 atom stereocenters. The van der Waals surface area contributed by atoms with Gasteiger partial charge in [0.25, 0.3) is 5.69 Å². The van der Waals surface area contributed by atoms with E-state index >= 15 is 0 Å². The molecule has 1 rings (SSSR count). The number of nitrogens with zero attached hydrogens (tertiary/aromatic N) is 1. The fourth-order valence-corrected chi connectivity index (χ4v) is 2.20. The van der Waals surface area contributed by atoms with E-state index in [0.717, 1.165) is 0 Å². The molecular weight excluding hydrogens is 242 g/mol. The minimum absolute atomic E-state index is 0.107. The Hall–Kier alpha value is -1.56. The summed E-state index contributed by atoms with van der Waals surface area (Å²) < 4.78 is 4.51. The molecule has 5 nitrogen and oxygen atoms in total. The van der Waals surface area contributed by atoms with E-state index in [1.165, 1.54) is 24.9 Å². The maximum absolute atomic E-state index is 10.9. The van der Waals surface area contributed by atoms with Gasteiger partial charge < -0.3 is 4.74 Å². The Balaban J connectivity index is 2.46. The van der Waals surface area contributed by atoms with Gasteiger partial charge in [-0.05, 0) is 18.2 Å². The zero-order valence-electron chi connectivity index (χ0n) is 9.42. The third-order valence-electron chi connectivity index (χ3n) is 2.07. The zero-order valence-corrected chi connectivity index (χ0v) is 10.2. The number of methoxy groups -OCH3 is 1. The van der Waals surface area contributed by atoms with Crippen LogP contribution in [0.5, 0.6) is 0 Å². The van der Waals surface area contributed by atoms with E-state index in [4.69, 9.17) is 0 Å². The van der Waals surface area contributed by atoms with Gasteiger partial charge in [-0.25, -0.2) is 0 Å². The van der Waals surface area contributed by atoms with E-state index in [0.29, 0.717) is 23.5 Å². The number of carbonyl (C=O) groups excluding carboxylic acids is 1. The molecule has 0 N–H and O–H groups in total. The van der Waals surface area contributed by atoms with Crippen molar-refractivity contribution >= 4 is 23.4 Å². The number of nitro groups is 1. The second-order valence-corrected chi connectivity index (χ2v) is 4.39. The highest BCUT2D eigenvalue weighted by Crippen LogP contribution is 2.29. The van der Waals surface area contributed by atoms with Crippen molar-refractivity contribution in [2.45, 2.75) is 17.7 Å². The summed E-state index contributed by atoms with van der Waals surface area (Å²) in [4.78, 5) is 21.8. The van der Waals surface area contributed by atoms with Gasteiger partial charge >= 0.3 is 5.97 Å². The highest BCUT2D eigenvalue weighted by molar-refractivity contribution is 7.99. The minimum atomic E-state index is -0.400. The van der Waals surface area contributed by atoms with Crippen molar-refractivity contribution < 1.29 is 14.5 Å². The van der Waals surface area contributed by atoms with Crippen LogP contribution in [0, 0.1) is 10.1 Å². The highest BCUT2D eigenvalue weighted by Gasteiger charge is 2.12. The van der Waals surface area contributed by atoms with Crippen LogP contribution in [-0.2, 0) is 9.53 Å². The molecule has 0 saturated carbocycles. The number of thioether (sulfide) groups is 1. The molecule has 17 heavy (non-hydrogen) atoms. The molecule has 0 amide bonds. The van der Waals surface area contributed by atoms with Crippen molar-refractivity contribution in [2.24, 2.45) is 0 Å². The second kappa shape index (κ2) is 6.90. The SMILES string of the molecule is COC(=O)CCCSc1ccccc1[N+](=O)[O-]. The van der Waals surface area contributed by atoms with Gasteiger partial charge in [0.2, 0.25) is 0 Å². The van der Waals surface area contributed by atoms with Gasteiger partial charge in [-0.1, -0.05) is 12.1 Å². The third kappa shape index (κ3) is 4.44. The molecule has 1 aromatic carbocycles. The molecule has 0 aliphatic rings. The van der Waals surface area contributed by atoms with Crippen LogP contribution in [-0.4, -0.2) is 23.8 Å². The number of para-hydroxylation sites is 1. The lowest BCUT2D eigenvalue weighted by Gasteiger charge is -2.02. The maximum Gasteiger partial charge on any atom is 0.305 e. The molecule has 6 heteroatoms. The van der Waals surface area contributed by atoms with Gasteiger partial charge in [0.15, 0.2) is 0 Å². The van der Waals surface area contributed by atoms with Crippen LogP contribution in [0.4, 0.5) is 5.69 Å². The number of rotatable bonds is 6. The molecule has 0 saturated heterocycles. The van der Waals surface area contributed by atoms with E-state index in [-0.39, 0.29) is 11.7 Å². The normalized spacial score (nSPS) is 9.94. The number of ether oxygens (including phenoxy) is 1. The van der Waals surface area contributed by atoms with Gasteiger partial charge in [-0.2, -0.15) is 0 Å². The Kier molecular flexibility index (Phi) is 5.48. The van der Waals surface area contributed by atoms with E-state index in [9.17, 15) is 14.9 Å². The van der Waals surface area contributed by atoms with E-state index in [1.807, 2.05) is 0 Å². The monoisotopic (exact) mass is 255 g/mol. The van der Waals surface area contributed by atoms with Crippen molar-refractivity contribution in [2.75, 3.05) is 12.9 Å². The lowest BCUT2D eigenvalue weighted by Crippen LogP contribution is -2.00. The molecule has 0 aliphatic carbocycles. The Morgan fingerprint density at radius 2 is 2.18 bits per heavy atom. The number of esters is 1. The highest BCUT2D eigenvalue weighted by atomic mass is 32.2. The van der Waals surface area contributed by atoms with Gasteiger partial charge in [-0.15, -0.1) is 11.8 Å². The largest absolute Gasteiger partial charge is 0.469 e. The Labute approximate surface area is 103 Å². The molecule has 1 aromatic rings. The standard InChI is InChI=1S/C11H13NO4S/c1-16-11(13)7-4-8-17-10-6-3-2-5-9(10)12(14)15/h2-3,5-6H,4,7-8H2,1H3. The van der Waals surface area contributed by atoms with Crippen molar-refractivity contribution in [3.8, 4) is 0 Å². The number of nitro benzene ring substituents is 1. The van der Waals surface area contributed by atoms with Crippen LogP contribution in [0.1, 0.15) is 12.8 Å². The lowest BCUT2D eigenvalue weighted by atomic mass is 10.3. The van der Waals surface area contributed by atoms with Gasteiger partial charge in [0.05, 0.1) is 16.9 Å². The summed E-state index contributed by atoms with van der Waals surface area (Å²) in [5.74, 6) is 0.396. The first-order chi connectivity index (χ1) is 8.15. The quantitative estimate of drug-likeness (QED) is 0.257. The average molecular weight is 255 g/mol. The van der Waals surface area contributed by atoms with Crippen molar-refractivity contribution in [3.63, 3.8) is 0 Å². The van der Waals surface area contributed by atoms with Crippen molar-refractivity contribution in [3.05, 3.63) is 34.4 Å². The average Bonchev–Trinajstić information content (AvgIpc) is 2.34.